The van der Waals surface area contributed by atoms with E-state index in [9.17, 15) is 60.2 Å². The second-order valence-electron chi connectivity index (χ2n) is 20.5. The number of carboxylic acid groups (broad SMARTS) is 1. The lowest BCUT2D eigenvalue weighted by Crippen LogP contribution is -2.49. The zero-order chi connectivity index (χ0) is 55.0. The van der Waals surface area contributed by atoms with Gasteiger partial charge in [0.1, 0.15) is 13.2 Å². The molecule has 2 heterocycles. The molecule has 75 heavy (non-hydrogen) atoms. The fraction of sp³-hybridized carbons (Fsp3) is 0.455. The molecular formula is C55H63F6N5O9. The highest BCUT2D eigenvalue weighted by Crippen LogP contribution is 2.45. The molecule has 1 aliphatic carbocycles. The van der Waals surface area contributed by atoms with Crippen LogP contribution in [-0.2, 0) is 57.5 Å². The summed E-state index contributed by atoms with van der Waals surface area (Å²) in [6.07, 6.45) is -6.49. The Morgan fingerprint density at radius 1 is 0.653 bits per heavy atom. The summed E-state index contributed by atoms with van der Waals surface area (Å²) in [5.41, 5.74) is -3.11. The van der Waals surface area contributed by atoms with Gasteiger partial charge in [0.2, 0.25) is 11.8 Å². The summed E-state index contributed by atoms with van der Waals surface area (Å²) in [6.45, 7) is 10.2. The summed E-state index contributed by atoms with van der Waals surface area (Å²) in [5.74, 6) is -3.09. The van der Waals surface area contributed by atoms with Crippen molar-refractivity contribution in [1.29, 1.82) is 0 Å². The van der Waals surface area contributed by atoms with Crippen molar-refractivity contribution in [3.63, 3.8) is 0 Å². The first kappa shape index (κ1) is 57.2. The van der Waals surface area contributed by atoms with Crippen LogP contribution in [-0.4, -0.2) is 84.1 Å². The molecule has 404 valence electrons. The number of halogens is 6. The summed E-state index contributed by atoms with van der Waals surface area (Å²) in [5, 5.41) is 14.4. The average molecular weight is 1050 g/mol. The van der Waals surface area contributed by atoms with Crippen LogP contribution in [0.3, 0.4) is 0 Å². The zero-order valence-electron chi connectivity index (χ0n) is 42.8. The second-order valence-corrected chi connectivity index (χ2v) is 20.5. The van der Waals surface area contributed by atoms with Crippen molar-refractivity contribution in [1.82, 2.24) is 15.5 Å². The van der Waals surface area contributed by atoms with E-state index in [-0.39, 0.29) is 93.1 Å². The predicted octanol–water partition coefficient (Wildman–Crippen LogP) is 11.0. The van der Waals surface area contributed by atoms with Gasteiger partial charge in [0.05, 0.1) is 22.3 Å². The highest BCUT2D eigenvalue weighted by Gasteiger charge is 2.45. The highest BCUT2D eigenvalue weighted by molar-refractivity contribution is 6.04. The number of alkyl halides is 6. The molecule has 0 spiro atoms. The number of fused-ring (bicyclic) bond motifs is 2. The first-order valence-electron chi connectivity index (χ1n) is 24.8. The van der Waals surface area contributed by atoms with E-state index in [2.05, 4.69) is 10.6 Å². The summed E-state index contributed by atoms with van der Waals surface area (Å²) in [4.78, 5) is 80.3. The molecule has 1 saturated carbocycles. The molecule has 0 saturated heterocycles. The Hall–Kier alpha value is -7.12. The van der Waals surface area contributed by atoms with Crippen LogP contribution in [0.25, 0.3) is 0 Å². The molecule has 7 rings (SSSR count). The van der Waals surface area contributed by atoms with Gasteiger partial charge in [0.15, 0.2) is 0 Å². The van der Waals surface area contributed by atoms with E-state index in [0.29, 0.717) is 5.56 Å². The van der Waals surface area contributed by atoms with Crippen LogP contribution in [0.1, 0.15) is 128 Å². The number of hydrogen-bond donors (Lipinski definition) is 3. The van der Waals surface area contributed by atoms with Crippen LogP contribution in [0, 0.1) is 10.8 Å². The quantitative estimate of drug-likeness (QED) is 0.104. The van der Waals surface area contributed by atoms with Crippen molar-refractivity contribution in [2.24, 2.45) is 10.8 Å². The van der Waals surface area contributed by atoms with Crippen molar-refractivity contribution >= 4 is 47.3 Å². The number of nitrogens with zero attached hydrogens (tertiary/aromatic N) is 3. The lowest BCUT2D eigenvalue weighted by atomic mass is 9.79. The zero-order valence-corrected chi connectivity index (χ0v) is 42.8. The van der Waals surface area contributed by atoms with Crippen LogP contribution in [0.5, 0.6) is 0 Å². The molecule has 5 amide bonds. The van der Waals surface area contributed by atoms with E-state index < -0.39 is 69.5 Å². The first-order valence-corrected chi connectivity index (χ1v) is 24.8. The summed E-state index contributed by atoms with van der Waals surface area (Å²) in [7, 11) is 0. The largest absolute Gasteiger partial charge is 0.478 e. The Kier molecular flexibility index (Phi) is 18.0. The number of alkyl carbamates (subject to hydrolysis) is 2. The van der Waals surface area contributed by atoms with E-state index in [4.69, 9.17) is 9.47 Å². The third-order valence-corrected chi connectivity index (χ3v) is 13.4. The number of carbonyl (C=O) groups excluding carboxylic acids is 5. The predicted molar refractivity (Wildman–Crippen MR) is 267 cm³/mol. The van der Waals surface area contributed by atoms with Crippen LogP contribution in [0.15, 0.2) is 84.9 Å². The number of nitrogens with one attached hydrogen (secondary N) is 2. The minimum absolute atomic E-state index is 0.00517. The fourth-order valence-electron chi connectivity index (χ4n) is 9.78. The Morgan fingerprint density at radius 2 is 1.05 bits per heavy atom. The lowest BCUT2D eigenvalue weighted by molar-refractivity contribution is -0.139. The third kappa shape index (κ3) is 14.2. The first-order chi connectivity index (χ1) is 35.2. The molecule has 20 heteroatoms. The number of amides is 5. The lowest BCUT2D eigenvalue weighted by Gasteiger charge is -2.40. The summed E-state index contributed by atoms with van der Waals surface area (Å²) in [6, 6.07) is 21.7. The van der Waals surface area contributed by atoms with Crippen LogP contribution >= 0.6 is 0 Å². The molecule has 0 bridgehead atoms. The number of carboxylic acids is 1. The molecule has 0 aromatic heterocycles. The van der Waals surface area contributed by atoms with Gasteiger partial charge in [-0.1, -0.05) is 108 Å². The van der Waals surface area contributed by atoms with Crippen LogP contribution in [0.2, 0.25) is 0 Å². The molecule has 0 atom stereocenters. The minimum Gasteiger partial charge on any atom is -0.478 e. The fourth-order valence-corrected chi connectivity index (χ4v) is 9.78. The van der Waals surface area contributed by atoms with Gasteiger partial charge in [0.25, 0.3) is 5.91 Å². The highest BCUT2D eigenvalue weighted by atomic mass is 19.4. The van der Waals surface area contributed by atoms with Crippen molar-refractivity contribution in [3.8, 4) is 0 Å². The van der Waals surface area contributed by atoms with Crippen molar-refractivity contribution in [2.45, 2.75) is 124 Å². The molecule has 4 aromatic rings. The van der Waals surface area contributed by atoms with Crippen LogP contribution < -0.4 is 20.4 Å². The van der Waals surface area contributed by atoms with E-state index in [1.807, 2.05) is 50.2 Å². The molecule has 2 aliphatic heterocycles. The molecule has 0 radical (unpaired) electrons. The topological polar surface area (TPSA) is 175 Å². The van der Waals surface area contributed by atoms with Gasteiger partial charge in [-0.05, 0) is 86.1 Å². The van der Waals surface area contributed by atoms with Gasteiger partial charge in [-0.3, -0.25) is 14.4 Å². The summed E-state index contributed by atoms with van der Waals surface area (Å²) < 4.78 is 93.9. The Balaban J connectivity index is 0.000000251. The van der Waals surface area contributed by atoms with Gasteiger partial charge >= 0.3 is 30.5 Å². The molecule has 1 fully saturated rings. The number of benzene rings is 4. The maximum absolute atomic E-state index is 14.4. The smallest absolute Gasteiger partial charge is 0.417 e. The molecule has 3 aliphatic rings. The standard InChI is InChI=1S/C32H40F3N3O4.C23H23F3N2O5/c1-21(2)38(24-13-9-6-10-14-24)28(39)25-18-27-23(17-26(25)32(33,34)35)19-31(3,4)29(40)37(27)16-15-36-30(41)42-20-22-11-7-5-8-12-22;1-22(2)12-15-10-17(23(24,25)26)16(19(29)30)11-18(15)28(20(22)31)9-8-27-21(32)33-13-14-6-4-3-5-7-14/h5,7-8,11-12,17-18,21,24H,6,9-10,13-16,19-20H2,1-4H3,(H,36,41);3-7,10-11H,8-9,12-13H2,1-2H3,(H,27,32)(H,29,30). The van der Waals surface area contributed by atoms with E-state index in [1.165, 1.54) is 15.9 Å². The van der Waals surface area contributed by atoms with Gasteiger partial charge in [-0.2, -0.15) is 26.3 Å². The molecule has 4 aromatic carbocycles. The molecular weight excluding hydrogens is 989 g/mol. The van der Waals surface area contributed by atoms with Gasteiger partial charge in [-0.15, -0.1) is 0 Å². The van der Waals surface area contributed by atoms with E-state index >= 15 is 0 Å². The SMILES string of the molecule is CC(C)N(C(=O)c1cc2c(cc1C(F)(F)F)CC(C)(C)C(=O)N2CCNC(=O)OCc1ccccc1)C1CCCCC1.CC1(C)Cc2cc(C(F)(F)F)c(C(=O)O)cc2N(CCNC(=O)OCc2ccccc2)C1=O. The maximum atomic E-state index is 14.4. The van der Waals surface area contributed by atoms with Crippen LogP contribution in [0.4, 0.5) is 47.3 Å². The number of aromatic carboxylic acids is 1. The normalized spacial score (nSPS) is 16.2. The van der Waals surface area contributed by atoms with E-state index in [0.717, 1.165) is 61.4 Å². The third-order valence-electron chi connectivity index (χ3n) is 13.4. The van der Waals surface area contributed by atoms with Gasteiger partial charge in [-0.25, -0.2) is 14.4 Å². The summed E-state index contributed by atoms with van der Waals surface area (Å²) >= 11 is 0. The van der Waals surface area contributed by atoms with Gasteiger partial charge < -0.3 is 39.9 Å². The number of ether oxygens (including phenoxy) is 2. The molecule has 0 unspecified atom stereocenters. The number of anilines is 2. The molecule has 14 nitrogen and oxygen atoms in total. The van der Waals surface area contributed by atoms with Crippen molar-refractivity contribution in [3.05, 3.63) is 129 Å². The Bertz CT molecular complexity index is 2720. The number of hydrogen-bond acceptors (Lipinski definition) is 8. The minimum atomic E-state index is -4.86. The Morgan fingerprint density at radius 3 is 1.44 bits per heavy atom. The van der Waals surface area contributed by atoms with E-state index in [1.54, 1.807) is 56.9 Å². The number of rotatable bonds is 14. The van der Waals surface area contributed by atoms with Crippen molar-refractivity contribution in [2.75, 3.05) is 36.0 Å². The van der Waals surface area contributed by atoms with Crippen molar-refractivity contribution < 1.29 is 69.7 Å². The number of carbonyl (C=O) groups is 6. The Labute approximate surface area is 431 Å². The van der Waals surface area contributed by atoms with Gasteiger partial charge in [0, 0.05) is 60.5 Å². The maximum Gasteiger partial charge on any atom is 0.417 e. The average Bonchev–Trinajstić information content (AvgIpc) is 3.34. The molecule has 3 N–H and O–H groups in total. The second kappa shape index (κ2) is 23.6. The monoisotopic (exact) mass is 1050 g/mol.